The van der Waals surface area contributed by atoms with Crippen LogP contribution in [0.4, 0.5) is 11.4 Å². The maximum Gasteiger partial charge on any atom is 0.238 e. The van der Waals surface area contributed by atoms with Gasteiger partial charge in [0, 0.05) is 36.5 Å². The standard InChI is InChI=1S/C22H26N4O/c1-16-6-4-5-7-21(16)24-22(27)15-25-13-17(2)26(18(3)14-25)20-10-8-19(12-23)9-11-20/h4-11,17-18H,13-15H2,1-3H3,(H,24,27)/t17-,18+. The monoisotopic (exact) mass is 362 g/mol. The first kappa shape index (κ1) is 18.9. The van der Waals surface area contributed by atoms with Crippen LogP contribution in [-0.2, 0) is 4.79 Å². The van der Waals surface area contributed by atoms with Crippen LogP contribution in [0, 0.1) is 18.3 Å². The van der Waals surface area contributed by atoms with Crippen LogP contribution < -0.4 is 10.2 Å². The summed E-state index contributed by atoms with van der Waals surface area (Å²) in [6.45, 7) is 8.40. The lowest BCUT2D eigenvalue weighted by Crippen LogP contribution is -2.58. The minimum atomic E-state index is 0.0236. The molecule has 1 N–H and O–H groups in total. The van der Waals surface area contributed by atoms with Gasteiger partial charge in [0.05, 0.1) is 18.2 Å². The van der Waals surface area contributed by atoms with Crippen LogP contribution in [0.15, 0.2) is 48.5 Å². The van der Waals surface area contributed by atoms with Crippen LogP contribution in [0.1, 0.15) is 25.0 Å². The number of hydrogen-bond donors (Lipinski definition) is 1. The van der Waals surface area contributed by atoms with Gasteiger partial charge in [-0.05, 0) is 56.7 Å². The molecule has 140 valence electrons. The normalized spacial score (nSPS) is 20.1. The molecule has 1 saturated heterocycles. The summed E-state index contributed by atoms with van der Waals surface area (Å²) in [6, 6.07) is 18.3. The number of carbonyl (C=O) groups is 1. The van der Waals surface area contributed by atoms with E-state index in [0.717, 1.165) is 30.0 Å². The van der Waals surface area contributed by atoms with Crippen molar-refractivity contribution in [2.75, 3.05) is 29.9 Å². The molecule has 2 aromatic carbocycles. The molecular weight excluding hydrogens is 336 g/mol. The van der Waals surface area contributed by atoms with Gasteiger partial charge in [-0.15, -0.1) is 0 Å². The van der Waals surface area contributed by atoms with E-state index in [0.29, 0.717) is 12.1 Å². The van der Waals surface area contributed by atoms with E-state index >= 15 is 0 Å². The summed E-state index contributed by atoms with van der Waals surface area (Å²) < 4.78 is 0. The van der Waals surface area contributed by atoms with E-state index in [1.165, 1.54) is 0 Å². The summed E-state index contributed by atoms with van der Waals surface area (Å²) in [6.07, 6.45) is 0. The van der Waals surface area contributed by atoms with Crippen LogP contribution in [-0.4, -0.2) is 42.5 Å². The van der Waals surface area contributed by atoms with Gasteiger partial charge in [-0.3, -0.25) is 9.69 Å². The molecule has 0 saturated carbocycles. The molecule has 1 fully saturated rings. The lowest BCUT2D eigenvalue weighted by molar-refractivity contribution is -0.117. The number of rotatable bonds is 4. The van der Waals surface area contributed by atoms with E-state index in [1.54, 1.807) is 0 Å². The van der Waals surface area contributed by atoms with Gasteiger partial charge in [-0.2, -0.15) is 5.26 Å². The van der Waals surface area contributed by atoms with Gasteiger partial charge in [0.15, 0.2) is 0 Å². The van der Waals surface area contributed by atoms with E-state index in [9.17, 15) is 4.79 Å². The van der Waals surface area contributed by atoms with Crippen molar-refractivity contribution in [2.24, 2.45) is 0 Å². The highest BCUT2D eigenvalue weighted by Crippen LogP contribution is 2.25. The van der Waals surface area contributed by atoms with Gasteiger partial charge in [0.2, 0.25) is 5.91 Å². The number of amides is 1. The number of aryl methyl sites for hydroxylation is 1. The van der Waals surface area contributed by atoms with Gasteiger partial charge in [-0.1, -0.05) is 18.2 Å². The molecule has 27 heavy (non-hydrogen) atoms. The maximum absolute atomic E-state index is 12.5. The zero-order valence-electron chi connectivity index (χ0n) is 16.1. The Morgan fingerprint density at radius 1 is 1.11 bits per heavy atom. The SMILES string of the molecule is Cc1ccccc1NC(=O)CN1C[C@@H](C)N(c2ccc(C#N)cc2)[C@@H](C)C1. The summed E-state index contributed by atoms with van der Waals surface area (Å²) in [4.78, 5) is 17.1. The molecule has 2 atom stereocenters. The first-order valence-electron chi connectivity index (χ1n) is 9.34. The second-order valence-corrected chi connectivity index (χ2v) is 7.32. The maximum atomic E-state index is 12.5. The number of para-hydroxylation sites is 1. The average molecular weight is 362 g/mol. The fourth-order valence-electron chi connectivity index (χ4n) is 3.88. The second-order valence-electron chi connectivity index (χ2n) is 7.32. The number of nitriles is 1. The molecule has 0 unspecified atom stereocenters. The molecule has 5 nitrogen and oxygen atoms in total. The van der Waals surface area contributed by atoms with E-state index in [4.69, 9.17) is 5.26 Å². The summed E-state index contributed by atoms with van der Waals surface area (Å²) >= 11 is 0. The number of hydrogen-bond acceptors (Lipinski definition) is 4. The van der Waals surface area contributed by atoms with E-state index in [1.807, 2.05) is 55.5 Å². The van der Waals surface area contributed by atoms with Crippen molar-refractivity contribution < 1.29 is 4.79 Å². The largest absolute Gasteiger partial charge is 0.364 e. The lowest BCUT2D eigenvalue weighted by Gasteiger charge is -2.45. The molecule has 1 heterocycles. The minimum Gasteiger partial charge on any atom is -0.364 e. The highest BCUT2D eigenvalue weighted by atomic mass is 16.2. The second kappa shape index (κ2) is 8.24. The number of benzene rings is 2. The number of nitrogens with zero attached hydrogens (tertiary/aromatic N) is 3. The van der Waals surface area contributed by atoms with Crippen molar-refractivity contribution in [3.63, 3.8) is 0 Å². The topological polar surface area (TPSA) is 59.4 Å². The van der Waals surface area contributed by atoms with Crippen molar-refractivity contribution >= 4 is 17.3 Å². The Balaban J connectivity index is 1.61. The molecule has 1 amide bonds. The lowest BCUT2D eigenvalue weighted by atomic mass is 10.1. The van der Waals surface area contributed by atoms with Gasteiger partial charge < -0.3 is 10.2 Å². The summed E-state index contributed by atoms with van der Waals surface area (Å²) in [7, 11) is 0. The number of nitrogens with one attached hydrogen (secondary N) is 1. The van der Waals surface area contributed by atoms with Gasteiger partial charge in [-0.25, -0.2) is 0 Å². The predicted molar refractivity (Wildman–Crippen MR) is 109 cm³/mol. The minimum absolute atomic E-state index is 0.0236. The fraction of sp³-hybridized carbons (Fsp3) is 0.364. The molecule has 0 bridgehead atoms. The Kier molecular flexibility index (Phi) is 5.78. The molecule has 0 aliphatic carbocycles. The molecule has 0 aromatic heterocycles. The highest BCUT2D eigenvalue weighted by Gasteiger charge is 2.30. The third-order valence-electron chi connectivity index (χ3n) is 5.08. The summed E-state index contributed by atoms with van der Waals surface area (Å²) in [5.74, 6) is 0.0236. The third kappa shape index (κ3) is 4.47. The van der Waals surface area contributed by atoms with E-state index < -0.39 is 0 Å². The van der Waals surface area contributed by atoms with Crippen LogP contribution in [0.3, 0.4) is 0 Å². The first-order chi connectivity index (χ1) is 13.0. The quantitative estimate of drug-likeness (QED) is 0.906. The number of carbonyl (C=O) groups excluding carboxylic acids is 1. The molecule has 2 aromatic rings. The van der Waals surface area contributed by atoms with Crippen molar-refractivity contribution in [1.29, 1.82) is 5.26 Å². The zero-order valence-corrected chi connectivity index (χ0v) is 16.1. The Labute approximate surface area is 161 Å². The molecule has 1 aliphatic rings. The van der Waals surface area contributed by atoms with E-state index in [2.05, 4.69) is 35.0 Å². The summed E-state index contributed by atoms with van der Waals surface area (Å²) in [5.41, 5.74) is 3.74. The Bertz CT molecular complexity index is 828. The molecule has 1 aliphatic heterocycles. The average Bonchev–Trinajstić information content (AvgIpc) is 2.63. The van der Waals surface area contributed by atoms with Crippen LogP contribution in [0.2, 0.25) is 0 Å². The first-order valence-corrected chi connectivity index (χ1v) is 9.34. The summed E-state index contributed by atoms with van der Waals surface area (Å²) in [5, 5.41) is 12.0. The molecule has 5 heteroatoms. The Hall–Kier alpha value is -2.84. The zero-order chi connectivity index (χ0) is 19.4. The number of anilines is 2. The van der Waals surface area contributed by atoms with Crippen molar-refractivity contribution in [3.8, 4) is 6.07 Å². The molecule has 3 rings (SSSR count). The molecule has 0 radical (unpaired) electrons. The smallest absolute Gasteiger partial charge is 0.238 e. The molecular formula is C22H26N4O. The van der Waals surface area contributed by atoms with Crippen molar-refractivity contribution in [2.45, 2.75) is 32.9 Å². The Morgan fingerprint density at radius 2 is 1.74 bits per heavy atom. The number of piperazine rings is 1. The highest BCUT2D eigenvalue weighted by molar-refractivity contribution is 5.92. The van der Waals surface area contributed by atoms with Gasteiger partial charge in [0.1, 0.15) is 0 Å². The van der Waals surface area contributed by atoms with Gasteiger partial charge in [0.25, 0.3) is 0 Å². The van der Waals surface area contributed by atoms with Crippen LogP contribution in [0.25, 0.3) is 0 Å². The predicted octanol–water partition coefficient (Wildman–Crippen LogP) is 3.40. The van der Waals surface area contributed by atoms with Crippen molar-refractivity contribution in [3.05, 3.63) is 59.7 Å². The Morgan fingerprint density at radius 3 is 2.33 bits per heavy atom. The van der Waals surface area contributed by atoms with Crippen molar-refractivity contribution in [1.82, 2.24) is 4.90 Å². The van der Waals surface area contributed by atoms with Crippen LogP contribution >= 0.6 is 0 Å². The fourth-order valence-corrected chi connectivity index (χ4v) is 3.88. The third-order valence-corrected chi connectivity index (χ3v) is 5.08. The van der Waals surface area contributed by atoms with E-state index in [-0.39, 0.29) is 18.0 Å². The van der Waals surface area contributed by atoms with Crippen LogP contribution in [0.5, 0.6) is 0 Å². The molecule has 0 spiro atoms. The van der Waals surface area contributed by atoms with Gasteiger partial charge >= 0.3 is 0 Å².